The van der Waals surface area contributed by atoms with Crippen LogP contribution in [0.5, 0.6) is 11.5 Å². The smallest absolute Gasteiger partial charge is 0.254 e. The van der Waals surface area contributed by atoms with Crippen LogP contribution in [0, 0.1) is 5.41 Å². The van der Waals surface area contributed by atoms with Gasteiger partial charge in [0, 0.05) is 57.9 Å². The van der Waals surface area contributed by atoms with Gasteiger partial charge in [-0.25, -0.2) is 0 Å². The maximum Gasteiger partial charge on any atom is 0.254 e. The van der Waals surface area contributed by atoms with Crippen LogP contribution in [0.2, 0.25) is 5.02 Å². The molecule has 3 fully saturated rings. The number of ether oxygens (including phenoxy) is 2. The van der Waals surface area contributed by atoms with E-state index in [4.69, 9.17) is 26.5 Å². The number of likely N-dealkylation sites (tertiary alicyclic amines) is 1. The monoisotopic (exact) mass is 464 g/mol. The van der Waals surface area contributed by atoms with Gasteiger partial charge in [0.15, 0.2) is 17.5 Å². The summed E-state index contributed by atoms with van der Waals surface area (Å²) in [6, 6.07) is 3.39. The van der Waals surface area contributed by atoms with Crippen LogP contribution in [0.1, 0.15) is 23.2 Å². The Morgan fingerprint density at radius 1 is 1.19 bits per heavy atom. The summed E-state index contributed by atoms with van der Waals surface area (Å²) >= 11 is 6.51. The van der Waals surface area contributed by atoms with Gasteiger partial charge in [-0.3, -0.25) is 15.1 Å². The van der Waals surface area contributed by atoms with E-state index in [1.165, 1.54) is 0 Å². The van der Waals surface area contributed by atoms with Gasteiger partial charge < -0.3 is 29.9 Å². The molecule has 1 aromatic rings. The number of guanidine groups is 1. The first-order valence-electron chi connectivity index (χ1n) is 11.2. The molecule has 0 aromatic heterocycles. The molecule has 9 nitrogen and oxygen atoms in total. The van der Waals surface area contributed by atoms with Gasteiger partial charge in [-0.05, 0) is 32.0 Å². The number of rotatable bonds is 6. The van der Waals surface area contributed by atoms with Crippen LogP contribution < -0.4 is 20.1 Å². The molecule has 3 aliphatic rings. The number of halogens is 1. The number of carbonyl (C=O) groups is 1. The van der Waals surface area contributed by atoms with Gasteiger partial charge in [0.05, 0.1) is 17.7 Å². The summed E-state index contributed by atoms with van der Waals surface area (Å²) in [6.07, 6.45) is 1.60. The highest BCUT2D eigenvalue weighted by molar-refractivity contribution is 6.32. The normalized spacial score (nSPS) is 21.3. The third kappa shape index (κ3) is 5.05. The van der Waals surface area contributed by atoms with Crippen LogP contribution in [0.15, 0.2) is 12.1 Å². The summed E-state index contributed by atoms with van der Waals surface area (Å²) < 4.78 is 11.5. The molecule has 1 aromatic carbocycles. The quantitative estimate of drug-likeness (QED) is 0.580. The van der Waals surface area contributed by atoms with E-state index >= 15 is 0 Å². The van der Waals surface area contributed by atoms with Crippen LogP contribution in [-0.4, -0.2) is 105 Å². The van der Waals surface area contributed by atoms with Crippen molar-refractivity contribution < 1.29 is 14.3 Å². The molecule has 0 aliphatic carbocycles. The fourth-order valence-corrected chi connectivity index (χ4v) is 4.83. The Balaban J connectivity index is 1.36. The third-order valence-corrected chi connectivity index (χ3v) is 7.01. The summed E-state index contributed by atoms with van der Waals surface area (Å²) in [4.78, 5) is 19.7. The number of methoxy groups -OCH3 is 1. The molecule has 4 rings (SSSR count). The predicted molar refractivity (Wildman–Crippen MR) is 124 cm³/mol. The molecule has 32 heavy (non-hydrogen) atoms. The zero-order valence-corrected chi connectivity index (χ0v) is 19.6. The standard InChI is InChI=1S/C22H33ClN6O3/c1-27-7-9-28(10-8-27)11-12-32-19-17(23)13-16(14-18(19)31-2)20(30)29-5-3-22(4-6-29)15-25-21(24)26-22/h13-14H,3-12,15H2,1-2H3,(H3,24,25,26). The molecule has 176 valence electrons. The Bertz CT molecular complexity index is 850. The van der Waals surface area contributed by atoms with Crippen molar-refractivity contribution in [3.05, 3.63) is 22.7 Å². The Kier molecular flexibility index (Phi) is 6.97. The van der Waals surface area contributed by atoms with Gasteiger partial charge in [-0.2, -0.15) is 0 Å². The summed E-state index contributed by atoms with van der Waals surface area (Å²) in [5.74, 6) is 1.26. The fraction of sp³-hybridized carbons (Fsp3) is 0.636. The number of carbonyl (C=O) groups excluding carboxylic acids is 1. The van der Waals surface area contributed by atoms with Gasteiger partial charge in [0.2, 0.25) is 0 Å². The molecular weight excluding hydrogens is 432 g/mol. The maximum atomic E-state index is 13.1. The molecule has 0 radical (unpaired) electrons. The number of nitrogens with one attached hydrogen (secondary N) is 3. The van der Waals surface area contributed by atoms with Crippen LogP contribution in [0.3, 0.4) is 0 Å². The topological polar surface area (TPSA) is 93.2 Å². The zero-order chi connectivity index (χ0) is 22.7. The van der Waals surface area contributed by atoms with E-state index in [9.17, 15) is 4.79 Å². The van der Waals surface area contributed by atoms with E-state index < -0.39 is 0 Å². The number of amides is 1. The fourth-order valence-electron chi connectivity index (χ4n) is 4.56. The van der Waals surface area contributed by atoms with Crippen LogP contribution >= 0.6 is 11.6 Å². The number of hydrogen-bond donors (Lipinski definition) is 3. The van der Waals surface area contributed by atoms with Gasteiger partial charge in [-0.1, -0.05) is 11.6 Å². The zero-order valence-electron chi connectivity index (χ0n) is 18.9. The molecule has 0 unspecified atom stereocenters. The minimum Gasteiger partial charge on any atom is -0.493 e. The minimum absolute atomic E-state index is 0.0648. The number of hydrogen-bond acceptors (Lipinski definition) is 6. The minimum atomic E-state index is -0.120. The summed E-state index contributed by atoms with van der Waals surface area (Å²) in [7, 11) is 3.70. The van der Waals surface area contributed by atoms with Crippen LogP contribution in [0.4, 0.5) is 0 Å². The third-order valence-electron chi connectivity index (χ3n) is 6.73. The first-order valence-corrected chi connectivity index (χ1v) is 11.6. The molecular formula is C22H33ClN6O3. The number of likely N-dealkylation sites (N-methyl/N-ethyl adjacent to an activating group) is 1. The Morgan fingerprint density at radius 3 is 2.53 bits per heavy atom. The van der Waals surface area contributed by atoms with Gasteiger partial charge in [0.1, 0.15) is 6.61 Å². The van der Waals surface area contributed by atoms with Crippen molar-refractivity contribution >= 4 is 23.5 Å². The lowest BCUT2D eigenvalue weighted by atomic mass is 9.88. The summed E-state index contributed by atoms with van der Waals surface area (Å²) in [5, 5.41) is 14.4. The number of nitrogens with zero attached hydrogens (tertiary/aromatic N) is 3. The highest BCUT2D eigenvalue weighted by atomic mass is 35.5. The molecule has 0 atom stereocenters. The largest absolute Gasteiger partial charge is 0.493 e. The maximum absolute atomic E-state index is 13.1. The van der Waals surface area contributed by atoms with Gasteiger partial charge in [-0.15, -0.1) is 0 Å². The number of piperidine rings is 1. The molecule has 10 heteroatoms. The molecule has 3 aliphatic heterocycles. The van der Waals surface area contributed by atoms with Crippen molar-refractivity contribution in [2.45, 2.75) is 18.4 Å². The Labute approximate surface area is 194 Å². The molecule has 1 amide bonds. The Hall–Kier alpha value is -2.23. The van der Waals surface area contributed by atoms with Crippen molar-refractivity contribution in [1.82, 2.24) is 25.3 Å². The summed E-state index contributed by atoms with van der Waals surface area (Å²) in [6.45, 7) is 7.51. The molecule has 3 saturated heterocycles. The van der Waals surface area contributed by atoms with Crippen molar-refractivity contribution in [2.24, 2.45) is 0 Å². The van der Waals surface area contributed by atoms with E-state index in [0.717, 1.165) is 52.1 Å². The van der Waals surface area contributed by atoms with Crippen molar-refractivity contribution in [2.75, 3.05) is 73.1 Å². The second-order valence-corrected chi connectivity index (χ2v) is 9.32. The van der Waals surface area contributed by atoms with E-state index in [0.29, 0.717) is 47.7 Å². The number of benzene rings is 1. The van der Waals surface area contributed by atoms with Gasteiger partial charge >= 0.3 is 0 Å². The van der Waals surface area contributed by atoms with Crippen molar-refractivity contribution in [3.63, 3.8) is 0 Å². The lowest BCUT2D eigenvalue weighted by Gasteiger charge is -2.38. The van der Waals surface area contributed by atoms with Crippen LogP contribution in [-0.2, 0) is 0 Å². The van der Waals surface area contributed by atoms with E-state index in [1.807, 2.05) is 4.90 Å². The SMILES string of the molecule is COc1cc(C(=O)N2CCC3(CC2)CNC(=N)N3)cc(Cl)c1OCCN1CCN(C)CC1. The lowest BCUT2D eigenvalue weighted by Crippen LogP contribution is -2.53. The first-order chi connectivity index (χ1) is 15.4. The molecule has 0 saturated carbocycles. The molecule has 0 bridgehead atoms. The van der Waals surface area contributed by atoms with Crippen molar-refractivity contribution in [1.29, 1.82) is 5.41 Å². The highest BCUT2D eigenvalue weighted by Gasteiger charge is 2.40. The molecule has 3 N–H and O–H groups in total. The predicted octanol–water partition coefficient (Wildman–Crippen LogP) is 1.08. The van der Waals surface area contributed by atoms with E-state index in [1.54, 1.807) is 19.2 Å². The molecule has 3 heterocycles. The second-order valence-electron chi connectivity index (χ2n) is 8.91. The van der Waals surface area contributed by atoms with E-state index in [2.05, 4.69) is 27.5 Å². The molecule has 1 spiro atoms. The van der Waals surface area contributed by atoms with Crippen LogP contribution in [0.25, 0.3) is 0 Å². The second kappa shape index (κ2) is 9.72. The summed E-state index contributed by atoms with van der Waals surface area (Å²) in [5.41, 5.74) is 0.379. The van der Waals surface area contributed by atoms with Crippen molar-refractivity contribution in [3.8, 4) is 11.5 Å². The number of piperazine rings is 1. The lowest BCUT2D eigenvalue weighted by molar-refractivity contribution is 0.0668. The highest BCUT2D eigenvalue weighted by Crippen LogP contribution is 2.37. The van der Waals surface area contributed by atoms with E-state index in [-0.39, 0.29) is 11.4 Å². The average molecular weight is 465 g/mol. The van der Waals surface area contributed by atoms with Gasteiger partial charge in [0.25, 0.3) is 5.91 Å². The average Bonchev–Trinajstić information content (AvgIpc) is 3.15. The first kappa shape index (κ1) is 22.9. The Morgan fingerprint density at radius 2 is 1.91 bits per heavy atom.